The van der Waals surface area contributed by atoms with Gasteiger partial charge >= 0.3 is 0 Å². The lowest BCUT2D eigenvalue weighted by Crippen LogP contribution is -2.41. The zero-order chi connectivity index (χ0) is 20.5. The van der Waals surface area contributed by atoms with Crippen molar-refractivity contribution in [3.63, 3.8) is 0 Å². The minimum Gasteiger partial charge on any atom is -0.356 e. The fourth-order valence-corrected chi connectivity index (χ4v) is 4.79. The van der Waals surface area contributed by atoms with E-state index in [0.29, 0.717) is 12.3 Å². The summed E-state index contributed by atoms with van der Waals surface area (Å²) in [4.78, 5) is 18.7. The van der Waals surface area contributed by atoms with Crippen molar-refractivity contribution in [2.75, 3.05) is 33.2 Å². The number of nitrogens with one attached hydrogen (secondary N) is 2. The van der Waals surface area contributed by atoms with Crippen LogP contribution in [0.5, 0.6) is 0 Å². The number of nitrogens with zero attached hydrogens (tertiary/aromatic N) is 2. The van der Waals surface area contributed by atoms with Gasteiger partial charge in [-0.3, -0.25) is 9.79 Å². The van der Waals surface area contributed by atoms with E-state index in [4.69, 9.17) is 0 Å². The molecule has 1 aromatic rings. The molecule has 1 amide bonds. The Morgan fingerprint density at radius 2 is 2.00 bits per heavy atom. The molecule has 0 bridgehead atoms. The third-order valence-electron chi connectivity index (χ3n) is 6.48. The summed E-state index contributed by atoms with van der Waals surface area (Å²) in [6, 6.07) is 10.4. The number of rotatable bonds is 8. The van der Waals surface area contributed by atoms with Crippen molar-refractivity contribution >= 4 is 11.9 Å². The summed E-state index contributed by atoms with van der Waals surface area (Å²) in [7, 11) is 1.82. The molecule has 2 N–H and O–H groups in total. The van der Waals surface area contributed by atoms with Gasteiger partial charge in [0.25, 0.3) is 0 Å². The summed E-state index contributed by atoms with van der Waals surface area (Å²) in [5.41, 5.74) is 1.29. The molecule has 5 nitrogen and oxygen atoms in total. The van der Waals surface area contributed by atoms with Crippen molar-refractivity contribution in [3.8, 4) is 0 Å². The molecule has 1 aliphatic heterocycles. The Morgan fingerprint density at radius 1 is 1.17 bits per heavy atom. The third kappa shape index (κ3) is 7.06. The molecule has 1 aliphatic carbocycles. The maximum absolute atomic E-state index is 12.3. The van der Waals surface area contributed by atoms with Gasteiger partial charge in [0.2, 0.25) is 5.91 Å². The van der Waals surface area contributed by atoms with Crippen molar-refractivity contribution in [3.05, 3.63) is 35.9 Å². The number of likely N-dealkylation sites (tertiary alicyclic amines) is 1. The van der Waals surface area contributed by atoms with E-state index in [9.17, 15) is 4.79 Å². The van der Waals surface area contributed by atoms with Crippen molar-refractivity contribution in [1.82, 2.24) is 15.5 Å². The molecular weight excluding hydrogens is 360 g/mol. The van der Waals surface area contributed by atoms with Gasteiger partial charge in [0.15, 0.2) is 5.96 Å². The first-order valence-corrected chi connectivity index (χ1v) is 11.4. The number of guanidine groups is 1. The average Bonchev–Trinajstić information content (AvgIpc) is 3.09. The minimum absolute atomic E-state index is 0.280. The molecule has 0 radical (unpaired) electrons. The highest BCUT2D eigenvalue weighted by molar-refractivity contribution is 5.80. The normalized spacial score (nSPS) is 25.3. The van der Waals surface area contributed by atoms with Crippen LogP contribution in [0.4, 0.5) is 0 Å². The lowest BCUT2D eigenvalue weighted by Gasteiger charge is -2.27. The Morgan fingerprint density at radius 3 is 2.76 bits per heavy atom. The third-order valence-corrected chi connectivity index (χ3v) is 6.48. The topological polar surface area (TPSA) is 56.7 Å². The molecule has 3 rings (SSSR count). The fraction of sp³-hybridized carbons (Fsp3) is 0.667. The van der Waals surface area contributed by atoms with Gasteiger partial charge in [-0.25, -0.2) is 0 Å². The number of carbonyl (C=O) groups is 1. The monoisotopic (exact) mass is 398 g/mol. The molecule has 2 aliphatic rings. The van der Waals surface area contributed by atoms with Crippen molar-refractivity contribution in [2.45, 2.75) is 51.9 Å². The maximum Gasteiger partial charge on any atom is 0.223 e. The zero-order valence-corrected chi connectivity index (χ0v) is 18.2. The van der Waals surface area contributed by atoms with E-state index in [1.165, 1.54) is 37.7 Å². The second-order valence-corrected chi connectivity index (χ2v) is 8.95. The number of carbonyl (C=O) groups excluding carboxylic acids is 1. The highest BCUT2D eigenvalue weighted by Gasteiger charge is 2.29. The number of amides is 1. The van der Waals surface area contributed by atoms with E-state index >= 15 is 0 Å². The van der Waals surface area contributed by atoms with Crippen LogP contribution in [0.2, 0.25) is 0 Å². The van der Waals surface area contributed by atoms with Gasteiger partial charge in [-0.2, -0.15) is 0 Å². The molecule has 3 atom stereocenters. The molecule has 160 valence electrons. The molecule has 1 saturated carbocycles. The maximum atomic E-state index is 12.3. The lowest BCUT2D eigenvalue weighted by atomic mass is 9.81. The van der Waals surface area contributed by atoms with Crippen molar-refractivity contribution < 1.29 is 4.79 Å². The average molecular weight is 399 g/mol. The van der Waals surface area contributed by atoms with Crippen LogP contribution in [0.15, 0.2) is 35.3 Å². The Labute approximate surface area is 176 Å². The molecule has 1 heterocycles. The van der Waals surface area contributed by atoms with E-state index in [1.807, 2.05) is 18.0 Å². The molecule has 0 spiro atoms. The zero-order valence-electron chi connectivity index (χ0n) is 18.2. The van der Waals surface area contributed by atoms with Gasteiger partial charge in [-0.15, -0.1) is 0 Å². The number of benzene rings is 1. The number of hydrogen-bond donors (Lipinski definition) is 2. The van der Waals surface area contributed by atoms with Crippen LogP contribution < -0.4 is 10.6 Å². The summed E-state index contributed by atoms with van der Waals surface area (Å²) in [5, 5.41) is 6.90. The molecular formula is C24H38N4O. The second kappa shape index (κ2) is 11.2. The van der Waals surface area contributed by atoms with Crippen LogP contribution in [-0.2, 0) is 11.2 Å². The summed E-state index contributed by atoms with van der Waals surface area (Å²) in [6.45, 7) is 5.81. The predicted molar refractivity (Wildman–Crippen MR) is 120 cm³/mol. The van der Waals surface area contributed by atoms with Gasteiger partial charge in [0.05, 0.1) is 0 Å². The number of hydrogen-bond acceptors (Lipinski definition) is 2. The Balaban J connectivity index is 1.33. The highest BCUT2D eigenvalue weighted by Crippen LogP contribution is 2.30. The van der Waals surface area contributed by atoms with Crippen LogP contribution in [0.25, 0.3) is 0 Å². The van der Waals surface area contributed by atoms with Gasteiger partial charge < -0.3 is 15.5 Å². The number of aliphatic imine (C=N–C) groups is 1. The summed E-state index contributed by atoms with van der Waals surface area (Å²) < 4.78 is 0. The van der Waals surface area contributed by atoms with E-state index in [0.717, 1.165) is 50.4 Å². The quantitative estimate of drug-likeness (QED) is 0.521. The molecule has 2 fully saturated rings. The molecule has 5 heteroatoms. The first-order chi connectivity index (χ1) is 14.1. The van der Waals surface area contributed by atoms with Gasteiger partial charge in [0.1, 0.15) is 0 Å². The molecule has 0 aromatic heterocycles. The van der Waals surface area contributed by atoms with Gasteiger partial charge in [-0.1, -0.05) is 56.5 Å². The summed E-state index contributed by atoms with van der Waals surface area (Å²) in [5.74, 6) is 3.24. The van der Waals surface area contributed by atoms with Crippen LogP contribution in [0.1, 0.15) is 51.0 Å². The van der Waals surface area contributed by atoms with Crippen molar-refractivity contribution in [1.29, 1.82) is 0 Å². The lowest BCUT2D eigenvalue weighted by molar-refractivity contribution is -0.127. The minimum atomic E-state index is 0.280. The smallest absolute Gasteiger partial charge is 0.223 e. The van der Waals surface area contributed by atoms with Crippen LogP contribution in [0, 0.1) is 17.8 Å². The first kappa shape index (κ1) is 21.7. The largest absolute Gasteiger partial charge is 0.356 e. The van der Waals surface area contributed by atoms with Crippen molar-refractivity contribution in [2.24, 2.45) is 22.7 Å². The second-order valence-electron chi connectivity index (χ2n) is 8.95. The van der Waals surface area contributed by atoms with Gasteiger partial charge in [0, 0.05) is 45.6 Å². The standard InChI is InChI=1S/C24H38N4O/c1-19-7-6-10-21(15-19)11-13-26-24(25-2)27-17-22-16-23(29)28(18-22)14-12-20-8-4-3-5-9-20/h3-5,8-9,19,21-22H,6-7,10-18H2,1-2H3,(H2,25,26,27). The Hall–Kier alpha value is -2.04. The van der Waals surface area contributed by atoms with Gasteiger partial charge in [-0.05, 0) is 36.7 Å². The molecule has 1 saturated heterocycles. The van der Waals surface area contributed by atoms with E-state index in [1.54, 1.807) is 0 Å². The van der Waals surface area contributed by atoms with Crippen LogP contribution >= 0.6 is 0 Å². The van der Waals surface area contributed by atoms with E-state index in [2.05, 4.69) is 46.8 Å². The SMILES string of the molecule is CN=C(NCCC1CCCC(C)C1)NCC1CC(=O)N(CCc2ccccc2)C1. The highest BCUT2D eigenvalue weighted by atomic mass is 16.2. The Bertz CT molecular complexity index is 660. The Kier molecular flexibility index (Phi) is 8.38. The molecule has 1 aromatic carbocycles. The van der Waals surface area contributed by atoms with Crippen LogP contribution in [-0.4, -0.2) is 50.0 Å². The molecule has 3 unspecified atom stereocenters. The van der Waals surface area contributed by atoms with E-state index in [-0.39, 0.29) is 5.91 Å². The fourth-order valence-electron chi connectivity index (χ4n) is 4.79. The predicted octanol–water partition coefficient (Wildman–Crippen LogP) is 3.46. The first-order valence-electron chi connectivity index (χ1n) is 11.4. The van der Waals surface area contributed by atoms with E-state index < -0.39 is 0 Å². The van der Waals surface area contributed by atoms with Crippen LogP contribution in [0.3, 0.4) is 0 Å². The summed E-state index contributed by atoms with van der Waals surface area (Å²) >= 11 is 0. The summed E-state index contributed by atoms with van der Waals surface area (Å²) in [6.07, 6.45) is 8.32. The molecule has 29 heavy (non-hydrogen) atoms.